The van der Waals surface area contributed by atoms with E-state index in [9.17, 15) is 0 Å². The molecule has 0 spiro atoms. The summed E-state index contributed by atoms with van der Waals surface area (Å²) in [5.41, 5.74) is 2.06. The maximum Gasteiger partial charge on any atom is 0.138 e. The Balaban J connectivity index is 1.86. The molecule has 0 bridgehead atoms. The summed E-state index contributed by atoms with van der Waals surface area (Å²) in [5, 5.41) is 0. The average molecular weight is 252 g/mol. The molecule has 0 aromatic carbocycles. The molecule has 96 valence electrons. The van der Waals surface area contributed by atoms with Gasteiger partial charge in [0.05, 0.1) is 6.26 Å². The number of furan rings is 1. The molecular weight excluding hydrogens is 227 g/mol. The average Bonchev–Trinajstić information content (AvgIpc) is 2.73. The second-order valence-electron chi connectivity index (χ2n) is 4.83. The third kappa shape index (κ3) is 6.88. The minimum absolute atomic E-state index is 0.796. The van der Waals surface area contributed by atoms with Gasteiger partial charge in [-0.15, -0.1) is 0 Å². The summed E-state index contributed by atoms with van der Waals surface area (Å²) in [4.78, 5) is 0. The Hall–Kier alpha value is -0.290. The van der Waals surface area contributed by atoms with E-state index in [1.54, 1.807) is 6.26 Å². The second kappa shape index (κ2) is 9.71. The highest BCUT2D eigenvalue weighted by Crippen LogP contribution is 2.12. The third-order valence-corrected chi connectivity index (χ3v) is 3.67. The molecule has 17 heavy (non-hydrogen) atoms. The van der Waals surface area contributed by atoms with E-state index in [4.69, 9.17) is 4.42 Å². The molecule has 0 aliphatic carbocycles. The van der Waals surface area contributed by atoms with Crippen LogP contribution in [0.2, 0.25) is 0 Å². The number of hydrogen-bond acceptors (Lipinski definition) is 1. The van der Waals surface area contributed by atoms with Gasteiger partial charge in [0, 0.05) is 9.24 Å². The first kappa shape index (κ1) is 14.8. The van der Waals surface area contributed by atoms with Crippen molar-refractivity contribution in [3.8, 4) is 0 Å². The fourth-order valence-electron chi connectivity index (χ4n) is 2.14. The Morgan fingerprint density at radius 3 is 2.06 bits per heavy atom. The zero-order valence-corrected chi connectivity index (χ0v) is 12.0. The zero-order chi connectivity index (χ0) is 12.3. The van der Waals surface area contributed by atoms with Crippen LogP contribution in [0.1, 0.15) is 70.3 Å². The molecule has 2 radical (unpaired) electrons. The Bertz CT molecular complexity index is 280. The first-order valence-corrected chi connectivity index (χ1v) is 7.54. The van der Waals surface area contributed by atoms with Crippen LogP contribution >= 0.6 is 9.24 Å². The van der Waals surface area contributed by atoms with Crippen molar-refractivity contribution in [1.82, 2.24) is 0 Å². The molecule has 1 nitrogen and oxygen atoms in total. The van der Waals surface area contributed by atoms with Crippen molar-refractivity contribution < 1.29 is 4.42 Å². The number of aryl methyl sites for hydroxylation is 1. The van der Waals surface area contributed by atoms with Gasteiger partial charge in [-0.2, -0.15) is 0 Å². The quantitative estimate of drug-likeness (QED) is 0.402. The fraction of sp³-hybridized carbons (Fsp3) is 0.733. The molecule has 0 saturated carbocycles. The highest BCUT2D eigenvalue weighted by atomic mass is 31.0. The third-order valence-electron chi connectivity index (χ3n) is 3.27. The van der Waals surface area contributed by atoms with Crippen LogP contribution in [0.15, 0.2) is 16.7 Å². The maximum absolute atomic E-state index is 5.16. The van der Waals surface area contributed by atoms with Gasteiger partial charge in [0.15, 0.2) is 0 Å². The van der Waals surface area contributed by atoms with E-state index in [0.717, 1.165) is 11.9 Å². The molecule has 0 fully saturated rings. The first-order chi connectivity index (χ1) is 8.34. The molecule has 0 atom stereocenters. The highest BCUT2D eigenvalue weighted by molar-refractivity contribution is 7.26. The lowest BCUT2D eigenvalue weighted by molar-refractivity contribution is 0.564. The Morgan fingerprint density at radius 1 is 0.941 bits per heavy atom. The smallest absolute Gasteiger partial charge is 0.138 e. The molecule has 0 amide bonds. The van der Waals surface area contributed by atoms with Crippen molar-refractivity contribution in [2.75, 3.05) is 0 Å². The van der Waals surface area contributed by atoms with Gasteiger partial charge in [0.25, 0.3) is 0 Å². The van der Waals surface area contributed by atoms with Crippen LogP contribution in [-0.2, 0) is 6.42 Å². The molecule has 0 aliphatic heterocycles. The summed E-state index contributed by atoms with van der Waals surface area (Å²) < 4.78 is 5.16. The highest BCUT2D eigenvalue weighted by Gasteiger charge is 2.01. The van der Waals surface area contributed by atoms with Gasteiger partial charge in [-0.1, -0.05) is 58.3 Å². The van der Waals surface area contributed by atoms with E-state index in [1.807, 2.05) is 6.07 Å². The summed E-state index contributed by atoms with van der Waals surface area (Å²) >= 11 is 0. The SMILES string of the molecule is CCCCCCCCCCCc1ccoc1[P]. The van der Waals surface area contributed by atoms with E-state index >= 15 is 0 Å². The summed E-state index contributed by atoms with van der Waals surface area (Å²) in [6.07, 6.45) is 15.3. The first-order valence-electron chi connectivity index (χ1n) is 7.10. The summed E-state index contributed by atoms with van der Waals surface area (Å²) in [6, 6.07) is 2.03. The summed E-state index contributed by atoms with van der Waals surface area (Å²) in [5.74, 6) is 0. The van der Waals surface area contributed by atoms with Crippen molar-refractivity contribution in [1.29, 1.82) is 0 Å². The van der Waals surface area contributed by atoms with E-state index in [1.165, 1.54) is 63.4 Å². The summed E-state index contributed by atoms with van der Waals surface area (Å²) in [6.45, 7) is 2.27. The molecule has 0 unspecified atom stereocenters. The molecule has 1 aromatic rings. The zero-order valence-electron chi connectivity index (χ0n) is 11.1. The van der Waals surface area contributed by atoms with E-state index in [0.29, 0.717) is 0 Å². The molecule has 1 rings (SSSR count). The van der Waals surface area contributed by atoms with Gasteiger partial charge in [-0.25, -0.2) is 0 Å². The predicted molar refractivity (Wildman–Crippen MR) is 76.2 cm³/mol. The van der Waals surface area contributed by atoms with Crippen LogP contribution in [0, 0.1) is 0 Å². The lowest BCUT2D eigenvalue weighted by atomic mass is 10.1. The largest absolute Gasteiger partial charge is 0.464 e. The standard InChI is InChI=1S/C15H25OP/c1-2-3-4-5-6-7-8-9-10-11-14-12-13-16-15(14)17/h12-13H,2-11H2,1H3. The van der Waals surface area contributed by atoms with Gasteiger partial charge < -0.3 is 4.42 Å². The Labute approximate surface area is 109 Å². The topological polar surface area (TPSA) is 13.1 Å². The minimum Gasteiger partial charge on any atom is -0.464 e. The van der Waals surface area contributed by atoms with Crippen LogP contribution in [0.4, 0.5) is 0 Å². The van der Waals surface area contributed by atoms with E-state index in [-0.39, 0.29) is 0 Å². The van der Waals surface area contributed by atoms with Crippen molar-refractivity contribution >= 4 is 14.7 Å². The second-order valence-corrected chi connectivity index (χ2v) is 5.24. The molecule has 2 heteroatoms. The maximum atomic E-state index is 5.16. The molecule has 1 aromatic heterocycles. The predicted octanol–water partition coefficient (Wildman–Crippen LogP) is 5.39. The Morgan fingerprint density at radius 2 is 1.53 bits per heavy atom. The van der Waals surface area contributed by atoms with Gasteiger partial charge in [-0.3, -0.25) is 0 Å². The van der Waals surface area contributed by atoms with Gasteiger partial charge >= 0.3 is 0 Å². The molecule has 0 saturated heterocycles. The molecule has 0 aliphatic rings. The van der Waals surface area contributed by atoms with Crippen LogP contribution in [0.5, 0.6) is 0 Å². The van der Waals surface area contributed by atoms with Crippen molar-refractivity contribution in [3.63, 3.8) is 0 Å². The van der Waals surface area contributed by atoms with Crippen molar-refractivity contribution in [2.45, 2.75) is 71.1 Å². The lowest BCUT2D eigenvalue weighted by Gasteiger charge is -2.01. The minimum atomic E-state index is 0.796. The van der Waals surface area contributed by atoms with Gasteiger partial charge in [0.1, 0.15) is 5.50 Å². The number of hydrogen-bond donors (Lipinski definition) is 0. The number of unbranched alkanes of at least 4 members (excludes halogenated alkanes) is 8. The number of rotatable bonds is 10. The van der Waals surface area contributed by atoms with Crippen LogP contribution in [0.25, 0.3) is 0 Å². The lowest BCUT2D eigenvalue weighted by Crippen LogP contribution is -1.95. The van der Waals surface area contributed by atoms with Crippen molar-refractivity contribution in [3.05, 3.63) is 17.9 Å². The monoisotopic (exact) mass is 252 g/mol. The van der Waals surface area contributed by atoms with E-state index in [2.05, 4.69) is 16.2 Å². The molecule has 0 N–H and O–H groups in total. The Kier molecular flexibility index (Phi) is 8.44. The molecule has 1 heterocycles. The van der Waals surface area contributed by atoms with Gasteiger partial charge in [0.2, 0.25) is 0 Å². The van der Waals surface area contributed by atoms with Gasteiger partial charge in [-0.05, 0) is 24.5 Å². The van der Waals surface area contributed by atoms with Crippen LogP contribution in [-0.4, -0.2) is 0 Å². The van der Waals surface area contributed by atoms with Crippen LogP contribution < -0.4 is 5.50 Å². The fourth-order valence-corrected chi connectivity index (χ4v) is 2.39. The van der Waals surface area contributed by atoms with Crippen LogP contribution in [0.3, 0.4) is 0 Å². The van der Waals surface area contributed by atoms with E-state index < -0.39 is 0 Å². The summed E-state index contributed by atoms with van der Waals surface area (Å²) in [7, 11) is 4.27. The molecular formula is C15H25OP. The normalized spacial score (nSPS) is 10.9. The van der Waals surface area contributed by atoms with Crippen molar-refractivity contribution in [2.24, 2.45) is 0 Å².